The number of ether oxygens (including phenoxy) is 1. The molecule has 0 aromatic heterocycles. The van der Waals surface area contributed by atoms with Gasteiger partial charge in [-0.05, 0) is 42.5 Å². The number of hydrogen-bond acceptors (Lipinski definition) is 4. The zero-order chi connectivity index (χ0) is 18.4. The van der Waals surface area contributed by atoms with Crippen molar-refractivity contribution in [1.82, 2.24) is 0 Å². The molecule has 0 radical (unpaired) electrons. The Bertz CT molecular complexity index is 809. The van der Waals surface area contributed by atoms with E-state index in [2.05, 4.69) is 10.6 Å². The van der Waals surface area contributed by atoms with Gasteiger partial charge in [0.2, 0.25) is 5.91 Å². The maximum atomic E-state index is 13.5. The quantitative estimate of drug-likeness (QED) is 0.798. The van der Waals surface area contributed by atoms with Crippen molar-refractivity contribution in [1.29, 1.82) is 0 Å². The lowest BCUT2D eigenvalue weighted by Gasteiger charge is -2.08. The van der Waals surface area contributed by atoms with Gasteiger partial charge in [-0.1, -0.05) is 11.6 Å². The zero-order valence-electron chi connectivity index (χ0n) is 13.1. The predicted octanol–water partition coefficient (Wildman–Crippen LogP) is 3.23. The largest absolute Gasteiger partial charge is 0.452 e. The number of carbonyl (C=O) groups excluding carboxylic acids is 3. The molecule has 0 unspecified atom stereocenters. The standard InChI is InChI=1S/C17H14ClFN2O4/c1-10(22)20-12-3-5-13(6-4-12)21-16(23)9-25-17(24)14-8-11(18)2-7-15(14)19/h2-8H,9H2,1H3,(H,20,22)(H,21,23). The summed E-state index contributed by atoms with van der Waals surface area (Å²) < 4.78 is 18.3. The highest BCUT2D eigenvalue weighted by molar-refractivity contribution is 6.30. The van der Waals surface area contributed by atoms with Crippen molar-refractivity contribution < 1.29 is 23.5 Å². The molecule has 0 saturated heterocycles. The molecule has 0 aliphatic carbocycles. The average molecular weight is 365 g/mol. The van der Waals surface area contributed by atoms with Gasteiger partial charge in [-0.2, -0.15) is 0 Å². The van der Waals surface area contributed by atoms with Gasteiger partial charge in [0.15, 0.2) is 6.61 Å². The Balaban J connectivity index is 1.89. The number of hydrogen-bond donors (Lipinski definition) is 2. The first-order valence-corrected chi connectivity index (χ1v) is 7.52. The molecule has 2 aromatic carbocycles. The Morgan fingerprint density at radius 3 is 2.24 bits per heavy atom. The fourth-order valence-corrected chi connectivity index (χ4v) is 2.07. The van der Waals surface area contributed by atoms with Gasteiger partial charge in [0.1, 0.15) is 5.82 Å². The summed E-state index contributed by atoms with van der Waals surface area (Å²) >= 11 is 5.70. The molecule has 0 atom stereocenters. The number of anilines is 2. The third-order valence-electron chi connectivity index (χ3n) is 2.97. The lowest BCUT2D eigenvalue weighted by Crippen LogP contribution is -2.21. The molecule has 0 spiro atoms. The van der Waals surface area contributed by atoms with E-state index in [1.165, 1.54) is 13.0 Å². The van der Waals surface area contributed by atoms with Crippen molar-refractivity contribution in [3.05, 3.63) is 58.9 Å². The van der Waals surface area contributed by atoms with E-state index in [1.54, 1.807) is 24.3 Å². The fraction of sp³-hybridized carbons (Fsp3) is 0.118. The molecule has 25 heavy (non-hydrogen) atoms. The fourth-order valence-electron chi connectivity index (χ4n) is 1.90. The van der Waals surface area contributed by atoms with Gasteiger partial charge in [0.25, 0.3) is 5.91 Å². The summed E-state index contributed by atoms with van der Waals surface area (Å²) in [7, 11) is 0. The normalized spacial score (nSPS) is 10.0. The van der Waals surface area contributed by atoms with Crippen molar-refractivity contribution in [3.8, 4) is 0 Å². The van der Waals surface area contributed by atoms with Crippen LogP contribution in [0.2, 0.25) is 5.02 Å². The Morgan fingerprint density at radius 1 is 1.04 bits per heavy atom. The van der Waals surface area contributed by atoms with Gasteiger partial charge in [0, 0.05) is 23.3 Å². The van der Waals surface area contributed by atoms with Crippen molar-refractivity contribution >= 4 is 40.8 Å². The lowest BCUT2D eigenvalue weighted by molar-refractivity contribution is -0.119. The van der Waals surface area contributed by atoms with Crippen molar-refractivity contribution in [2.45, 2.75) is 6.92 Å². The molecule has 0 saturated carbocycles. The molecule has 2 aromatic rings. The highest BCUT2D eigenvalue weighted by Crippen LogP contribution is 2.16. The van der Waals surface area contributed by atoms with Crippen LogP contribution < -0.4 is 10.6 Å². The Kier molecular flexibility index (Phi) is 6.08. The van der Waals surface area contributed by atoms with E-state index in [0.29, 0.717) is 11.4 Å². The second-order valence-electron chi connectivity index (χ2n) is 5.01. The Morgan fingerprint density at radius 2 is 1.64 bits per heavy atom. The highest BCUT2D eigenvalue weighted by Gasteiger charge is 2.15. The molecule has 8 heteroatoms. The lowest BCUT2D eigenvalue weighted by atomic mass is 10.2. The van der Waals surface area contributed by atoms with Crippen LogP contribution in [-0.4, -0.2) is 24.4 Å². The highest BCUT2D eigenvalue weighted by atomic mass is 35.5. The SMILES string of the molecule is CC(=O)Nc1ccc(NC(=O)COC(=O)c2cc(Cl)ccc2F)cc1. The number of carbonyl (C=O) groups is 3. The number of amides is 2. The van der Waals surface area contributed by atoms with E-state index < -0.39 is 24.3 Å². The van der Waals surface area contributed by atoms with Crippen LogP contribution in [0.25, 0.3) is 0 Å². The van der Waals surface area contributed by atoms with Crippen LogP contribution in [0.3, 0.4) is 0 Å². The third kappa shape index (κ3) is 5.58. The summed E-state index contributed by atoms with van der Waals surface area (Å²) in [6.45, 7) is 0.797. The van der Waals surface area contributed by atoms with Gasteiger partial charge < -0.3 is 15.4 Å². The van der Waals surface area contributed by atoms with Crippen molar-refractivity contribution in [2.24, 2.45) is 0 Å². The molecule has 2 amide bonds. The van der Waals surface area contributed by atoms with Crippen molar-refractivity contribution in [3.63, 3.8) is 0 Å². The number of rotatable bonds is 5. The molecule has 0 aliphatic rings. The van der Waals surface area contributed by atoms with Crippen LogP contribution in [-0.2, 0) is 14.3 Å². The van der Waals surface area contributed by atoms with E-state index in [4.69, 9.17) is 16.3 Å². The van der Waals surface area contributed by atoms with Gasteiger partial charge in [-0.3, -0.25) is 9.59 Å². The van der Waals surface area contributed by atoms with Crippen LogP contribution in [0, 0.1) is 5.82 Å². The Labute approximate surface area is 147 Å². The van der Waals surface area contributed by atoms with Crippen LogP contribution >= 0.6 is 11.6 Å². The maximum absolute atomic E-state index is 13.5. The molecule has 0 bridgehead atoms. The molecule has 2 rings (SSSR count). The van der Waals surface area contributed by atoms with E-state index in [1.807, 2.05) is 0 Å². The summed E-state index contributed by atoms with van der Waals surface area (Å²) in [5.74, 6) is -2.58. The van der Waals surface area contributed by atoms with Crippen LogP contribution in [0.5, 0.6) is 0 Å². The molecule has 0 fully saturated rings. The van der Waals surface area contributed by atoms with E-state index in [9.17, 15) is 18.8 Å². The molecular weight excluding hydrogens is 351 g/mol. The number of halogens is 2. The van der Waals surface area contributed by atoms with Crippen LogP contribution in [0.15, 0.2) is 42.5 Å². The molecule has 130 valence electrons. The minimum Gasteiger partial charge on any atom is -0.452 e. The van der Waals surface area contributed by atoms with Gasteiger partial charge in [-0.15, -0.1) is 0 Å². The van der Waals surface area contributed by atoms with Crippen LogP contribution in [0.4, 0.5) is 15.8 Å². The molecule has 0 heterocycles. The predicted molar refractivity (Wildman–Crippen MR) is 91.1 cm³/mol. The number of nitrogens with one attached hydrogen (secondary N) is 2. The second-order valence-corrected chi connectivity index (χ2v) is 5.44. The summed E-state index contributed by atoms with van der Waals surface area (Å²) in [5.41, 5.74) is 0.678. The van der Waals surface area contributed by atoms with Crippen molar-refractivity contribution in [2.75, 3.05) is 17.2 Å². The second kappa shape index (κ2) is 8.25. The number of esters is 1. The average Bonchev–Trinajstić information content (AvgIpc) is 2.56. The van der Waals surface area contributed by atoms with Gasteiger partial charge in [0.05, 0.1) is 5.56 Å². The maximum Gasteiger partial charge on any atom is 0.341 e. The molecule has 0 aliphatic heterocycles. The zero-order valence-corrected chi connectivity index (χ0v) is 13.9. The first-order chi connectivity index (χ1) is 11.8. The molecular formula is C17H14ClFN2O4. The topological polar surface area (TPSA) is 84.5 Å². The summed E-state index contributed by atoms with van der Waals surface area (Å²) in [4.78, 5) is 34.5. The minimum atomic E-state index is -0.990. The third-order valence-corrected chi connectivity index (χ3v) is 3.21. The smallest absolute Gasteiger partial charge is 0.341 e. The summed E-state index contributed by atoms with van der Waals surface area (Å²) in [6, 6.07) is 9.80. The van der Waals surface area contributed by atoms with E-state index >= 15 is 0 Å². The molecule has 6 nitrogen and oxygen atoms in total. The monoisotopic (exact) mass is 364 g/mol. The Hall–Kier alpha value is -2.93. The number of benzene rings is 2. The first-order valence-electron chi connectivity index (χ1n) is 7.15. The van der Waals surface area contributed by atoms with E-state index in [-0.39, 0.29) is 16.5 Å². The first kappa shape index (κ1) is 18.4. The summed E-state index contributed by atoms with van der Waals surface area (Å²) in [6.07, 6.45) is 0. The van der Waals surface area contributed by atoms with E-state index in [0.717, 1.165) is 12.1 Å². The minimum absolute atomic E-state index is 0.178. The van der Waals surface area contributed by atoms with Gasteiger partial charge in [-0.25, -0.2) is 9.18 Å². The summed E-state index contributed by atoms with van der Waals surface area (Å²) in [5, 5.41) is 5.27. The molecule has 2 N–H and O–H groups in total. The van der Waals surface area contributed by atoms with Gasteiger partial charge >= 0.3 is 5.97 Å². The van der Waals surface area contributed by atoms with Crippen LogP contribution in [0.1, 0.15) is 17.3 Å².